The molecule has 2 nitrogen and oxygen atoms in total. The number of hydrogen-bond acceptors (Lipinski definition) is 2. The fourth-order valence-corrected chi connectivity index (χ4v) is 3.08. The van der Waals surface area contributed by atoms with E-state index in [2.05, 4.69) is 0 Å². The zero-order chi connectivity index (χ0) is 25.3. The molecule has 37 heavy (non-hydrogen) atoms. The molecule has 0 aliphatic rings. The summed E-state index contributed by atoms with van der Waals surface area (Å²) in [4.78, 5) is 23.2. The standard InChI is InChI=1S/2C17H14O.Pd/c2*18-17(13-11-15-7-3-1-4-8-15)14-12-16-9-5-2-6-10-16;/h2*1-14H;/b13-11+,14-12+;13-11-,14-12+;. The first-order valence-electron chi connectivity index (χ1n) is 11.7. The van der Waals surface area contributed by atoms with Crippen LogP contribution in [0.3, 0.4) is 0 Å². The minimum Gasteiger partial charge on any atom is -0.290 e. The number of hydrogen-bond donors (Lipinski definition) is 0. The van der Waals surface area contributed by atoms with Gasteiger partial charge in [0.1, 0.15) is 0 Å². The van der Waals surface area contributed by atoms with Crippen LogP contribution in [0.2, 0.25) is 0 Å². The largest absolute Gasteiger partial charge is 0.290 e. The Kier molecular flexibility index (Phi) is 13.6. The molecular weight excluding hydrogens is 547 g/mol. The third kappa shape index (κ3) is 12.4. The number of allylic oxidation sites excluding steroid dienone is 4. The predicted octanol–water partition coefficient (Wildman–Crippen LogP) is 7.96. The van der Waals surface area contributed by atoms with E-state index in [0.29, 0.717) is 0 Å². The van der Waals surface area contributed by atoms with Crippen molar-refractivity contribution in [1.29, 1.82) is 0 Å². The molecule has 0 aromatic heterocycles. The SMILES string of the molecule is O=C(/C=C/c1ccccc1)/C=C/c1ccccc1.O=C(/C=C\c1ccccc1)/C=C/c1ccccc1.[Pd]. The molecule has 0 fully saturated rings. The molecule has 186 valence electrons. The van der Waals surface area contributed by atoms with Crippen molar-refractivity contribution in [3.05, 3.63) is 168 Å². The minimum atomic E-state index is -0.0114. The molecule has 0 spiro atoms. The third-order valence-corrected chi connectivity index (χ3v) is 4.96. The Bertz CT molecular complexity index is 1110. The van der Waals surface area contributed by atoms with Crippen LogP contribution in [-0.2, 0) is 30.0 Å². The zero-order valence-electron chi connectivity index (χ0n) is 20.3. The Hall–Kier alpha value is -4.16. The van der Waals surface area contributed by atoms with Crippen molar-refractivity contribution in [3.63, 3.8) is 0 Å². The summed E-state index contributed by atoms with van der Waals surface area (Å²) >= 11 is 0. The maximum absolute atomic E-state index is 11.6. The first kappa shape index (κ1) is 29.1. The van der Waals surface area contributed by atoms with Crippen LogP contribution in [0.15, 0.2) is 146 Å². The quantitative estimate of drug-likeness (QED) is 0.158. The Labute approximate surface area is 233 Å². The summed E-state index contributed by atoms with van der Waals surface area (Å²) in [7, 11) is 0. The van der Waals surface area contributed by atoms with E-state index in [-0.39, 0.29) is 32.0 Å². The summed E-state index contributed by atoms with van der Waals surface area (Å²) in [5, 5.41) is 0. The molecule has 0 amide bonds. The fraction of sp³-hybridized carbons (Fsp3) is 0. The van der Waals surface area contributed by atoms with Crippen molar-refractivity contribution in [2.45, 2.75) is 0 Å². The molecule has 3 heteroatoms. The van der Waals surface area contributed by atoms with Gasteiger partial charge in [0.25, 0.3) is 0 Å². The smallest absolute Gasteiger partial charge is 0.178 e. The van der Waals surface area contributed by atoms with Crippen LogP contribution in [0.5, 0.6) is 0 Å². The number of carbonyl (C=O) groups excluding carboxylic acids is 2. The molecule has 4 aromatic carbocycles. The molecule has 0 aliphatic carbocycles. The van der Waals surface area contributed by atoms with Crippen molar-refractivity contribution >= 4 is 35.9 Å². The Morgan fingerprint density at radius 2 is 0.541 bits per heavy atom. The van der Waals surface area contributed by atoms with Gasteiger partial charge in [-0.3, -0.25) is 9.59 Å². The number of ketones is 2. The van der Waals surface area contributed by atoms with Gasteiger partial charge >= 0.3 is 0 Å². The van der Waals surface area contributed by atoms with Crippen LogP contribution < -0.4 is 0 Å². The van der Waals surface area contributed by atoms with Gasteiger partial charge in [0.05, 0.1) is 0 Å². The van der Waals surface area contributed by atoms with Gasteiger partial charge in [0.2, 0.25) is 0 Å². The summed E-state index contributed by atoms with van der Waals surface area (Å²) in [5.41, 5.74) is 4.11. The second-order valence-electron chi connectivity index (χ2n) is 7.78. The molecule has 0 radical (unpaired) electrons. The van der Waals surface area contributed by atoms with Gasteiger partial charge in [0.15, 0.2) is 11.6 Å². The third-order valence-electron chi connectivity index (χ3n) is 4.96. The van der Waals surface area contributed by atoms with Gasteiger partial charge in [0, 0.05) is 20.4 Å². The molecule has 4 rings (SSSR count). The molecule has 0 saturated heterocycles. The monoisotopic (exact) mass is 574 g/mol. The molecule has 0 aliphatic heterocycles. The molecule has 0 atom stereocenters. The van der Waals surface area contributed by atoms with E-state index in [1.54, 1.807) is 24.3 Å². The first-order chi connectivity index (χ1) is 17.7. The van der Waals surface area contributed by atoms with Crippen molar-refractivity contribution in [1.82, 2.24) is 0 Å². The molecule has 0 N–H and O–H groups in total. The maximum Gasteiger partial charge on any atom is 0.178 e. The van der Waals surface area contributed by atoms with Crippen LogP contribution >= 0.6 is 0 Å². The summed E-state index contributed by atoms with van der Waals surface area (Å²) in [5.74, 6) is -0.0228. The van der Waals surface area contributed by atoms with Crippen molar-refractivity contribution < 1.29 is 30.0 Å². The van der Waals surface area contributed by atoms with E-state index in [4.69, 9.17) is 0 Å². The maximum atomic E-state index is 11.6. The molecular formula is C34H28O2Pd. The predicted molar refractivity (Wildman–Crippen MR) is 152 cm³/mol. The van der Waals surface area contributed by atoms with E-state index < -0.39 is 0 Å². The van der Waals surface area contributed by atoms with Gasteiger partial charge in [-0.2, -0.15) is 0 Å². The van der Waals surface area contributed by atoms with E-state index in [0.717, 1.165) is 22.3 Å². The summed E-state index contributed by atoms with van der Waals surface area (Å²) in [6.07, 6.45) is 13.6. The molecule has 0 heterocycles. The van der Waals surface area contributed by atoms with Gasteiger partial charge in [-0.05, 0) is 46.6 Å². The number of carbonyl (C=O) groups is 2. The summed E-state index contributed by atoms with van der Waals surface area (Å²) in [6.45, 7) is 0. The molecule has 0 unspecified atom stereocenters. The van der Waals surface area contributed by atoms with Gasteiger partial charge in [-0.25, -0.2) is 0 Å². The van der Waals surface area contributed by atoms with E-state index in [9.17, 15) is 9.59 Å². The van der Waals surface area contributed by atoms with E-state index >= 15 is 0 Å². The van der Waals surface area contributed by atoms with Gasteiger partial charge in [-0.15, -0.1) is 0 Å². The van der Waals surface area contributed by atoms with Crippen LogP contribution in [-0.4, -0.2) is 11.6 Å². The number of benzene rings is 4. The van der Waals surface area contributed by atoms with Crippen LogP contribution in [0.25, 0.3) is 24.3 Å². The van der Waals surface area contributed by atoms with Crippen molar-refractivity contribution in [2.24, 2.45) is 0 Å². The summed E-state index contributed by atoms with van der Waals surface area (Å²) < 4.78 is 0. The van der Waals surface area contributed by atoms with Crippen molar-refractivity contribution in [2.75, 3.05) is 0 Å². The topological polar surface area (TPSA) is 34.1 Å². The van der Waals surface area contributed by atoms with E-state index in [1.165, 1.54) is 0 Å². The summed E-state index contributed by atoms with van der Waals surface area (Å²) in [6, 6.07) is 39.1. The van der Waals surface area contributed by atoms with E-state index in [1.807, 2.05) is 146 Å². The van der Waals surface area contributed by atoms with Gasteiger partial charge in [-0.1, -0.05) is 146 Å². The van der Waals surface area contributed by atoms with Gasteiger partial charge < -0.3 is 0 Å². The second kappa shape index (κ2) is 17.3. The Morgan fingerprint density at radius 1 is 0.351 bits per heavy atom. The second-order valence-corrected chi connectivity index (χ2v) is 7.78. The van der Waals surface area contributed by atoms with Crippen LogP contribution in [0.1, 0.15) is 22.3 Å². The molecule has 0 bridgehead atoms. The number of rotatable bonds is 8. The Morgan fingerprint density at radius 3 is 0.730 bits per heavy atom. The average Bonchev–Trinajstić information content (AvgIpc) is 2.95. The van der Waals surface area contributed by atoms with Crippen LogP contribution in [0.4, 0.5) is 0 Å². The molecule has 0 saturated carbocycles. The average molecular weight is 575 g/mol. The minimum absolute atomic E-state index is 0. The van der Waals surface area contributed by atoms with Crippen molar-refractivity contribution in [3.8, 4) is 0 Å². The molecule has 4 aromatic rings. The normalized spacial score (nSPS) is 10.8. The van der Waals surface area contributed by atoms with Crippen LogP contribution in [0, 0.1) is 0 Å². The first-order valence-corrected chi connectivity index (χ1v) is 11.7. The zero-order valence-corrected chi connectivity index (χ0v) is 21.9. The Balaban J connectivity index is 0.000000253. The fourth-order valence-electron chi connectivity index (χ4n) is 3.08.